The fourth-order valence-corrected chi connectivity index (χ4v) is 3.04. The number of nitrogens with zero attached hydrogens (tertiary/aromatic N) is 1. The number of carbonyl (C=O) groups is 1. The highest BCUT2D eigenvalue weighted by Gasteiger charge is 2.25. The zero-order chi connectivity index (χ0) is 13.0. The molecule has 2 aliphatic rings. The van der Waals surface area contributed by atoms with E-state index in [0.717, 1.165) is 38.4 Å². The lowest BCUT2D eigenvalue weighted by Crippen LogP contribution is -2.42. The lowest BCUT2D eigenvalue weighted by molar-refractivity contribution is -0.122. The van der Waals surface area contributed by atoms with Gasteiger partial charge in [0.1, 0.15) is 0 Å². The Hall–Kier alpha value is -0.610. The zero-order valence-corrected chi connectivity index (χ0v) is 11.7. The van der Waals surface area contributed by atoms with Crippen molar-refractivity contribution in [2.24, 2.45) is 11.8 Å². The molecule has 2 heterocycles. The summed E-state index contributed by atoms with van der Waals surface area (Å²) in [5, 5.41) is 6.36. The maximum atomic E-state index is 11.9. The molecule has 0 saturated carbocycles. The van der Waals surface area contributed by atoms with Gasteiger partial charge in [0.05, 0.1) is 6.04 Å². The molecule has 0 bridgehead atoms. The molecule has 2 fully saturated rings. The van der Waals surface area contributed by atoms with Crippen molar-refractivity contribution < 1.29 is 4.79 Å². The second-order valence-electron chi connectivity index (χ2n) is 6.20. The average Bonchev–Trinajstić information content (AvgIpc) is 2.95. The van der Waals surface area contributed by atoms with Crippen LogP contribution in [0.4, 0.5) is 0 Å². The van der Waals surface area contributed by atoms with Gasteiger partial charge in [0.2, 0.25) is 5.91 Å². The molecule has 2 aliphatic heterocycles. The molecule has 0 spiro atoms. The van der Waals surface area contributed by atoms with Gasteiger partial charge in [0.15, 0.2) is 0 Å². The van der Waals surface area contributed by atoms with Crippen LogP contribution in [0.3, 0.4) is 0 Å². The highest BCUT2D eigenvalue weighted by atomic mass is 16.2. The van der Waals surface area contributed by atoms with Crippen LogP contribution >= 0.6 is 0 Å². The van der Waals surface area contributed by atoms with Gasteiger partial charge in [-0.2, -0.15) is 0 Å². The van der Waals surface area contributed by atoms with Crippen LogP contribution in [-0.4, -0.2) is 49.6 Å². The van der Waals surface area contributed by atoms with Crippen LogP contribution in [-0.2, 0) is 4.79 Å². The summed E-state index contributed by atoms with van der Waals surface area (Å²) in [7, 11) is 0. The van der Waals surface area contributed by atoms with Crippen molar-refractivity contribution in [2.45, 2.75) is 39.2 Å². The smallest absolute Gasteiger partial charge is 0.237 e. The van der Waals surface area contributed by atoms with Crippen LogP contribution in [0.2, 0.25) is 0 Å². The van der Waals surface area contributed by atoms with Gasteiger partial charge in [0.25, 0.3) is 0 Å². The molecule has 4 heteroatoms. The van der Waals surface area contributed by atoms with Crippen LogP contribution in [0.25, 0.3) is 0 Å². The number of rotatable bonds is 5. The largest absolute Gasteiger partial charge is 0.354 e. The van der Waals surface area contributed by atoms with Crippen molar-refractivity contribution >= 4 is 5.91 Å². The fraction of sp³-hybridized carbons (Fsp3) is 0.929. The minimum atomic E-state index is 0.0678. The molecule has 1 amide bonds. The monoisotopic (exact) mass is 253 g/mol. The average molecular weight is 253 g/mol. The summed E-state index contributed by atoms with van der Waals surface area (Å²) in [6.45, 7) is 9.91. The normalized spacial score (nSPS) is 29.1. The Kier molecular flexibility index (Phi) is 5.01. The van der Waals surface area contributed by atoms with E-state index >= 15 is 0 Å². The molecule has 2 unspecified atom stereocenters. The van der Waals surface area contributed by atoms with Crippen molar-refractivity contribution in [3.63, 3.8) is 0 Å². The van der Waals surface area contributed by atoms with E-state index in [1.54, 1.807) is 0 Å². The van der Waals surface area contributed by atoms with E-state index in [1.165, 1.54) is 19.5 Å². The van der Waals surface area contributed by atoms with Crippen LogP contribution in [0.5, 0.6) is 0 Å². The molecule has 104 valence electrons. The van der Waals surface area contributed by atoms with Crippen molar-refractivity contribution in [3.8, 4) is 0 Å². The lowest BCUT2D eigenvalue weighted by atomic mass is 10.1. The van der Waals surface area contributed by atoms with Gasteiger partial charge in [-0.15, -0.1) is 0 Å². The van der Waals surface area contributed by atoms with Gasteiger partial charge in [-0.3, -0.25) is 4.79 Å². The standard InChI is InChI=1S/C14H27N3O/c1-11(2)9-17-7-5-12(10-17)8-16-14(18)13-4-3-6-15-13/h11-13,15H,3-10H2,1-2H3,(H,16,18). The van der Waals surface area contributed by atoms with Crippen molar-refractivity contribution in [1.82, 2.24) is 15.5 Å². The third kappa shape index (κ3) is 3.95. The minimum absolute atomic E-state index is 0.0678. The highest BCUT2D eigenvalue weighted by molar-refractivity contribution is 5.81. The van der Waals surface area contributed by atoms with E-state index in [2.05, 4.69) is 29.4 Å². The Morgan fingerprint density at radius 2 is 2.28 bits per heavy atom. The highest BCUT2D eigenvalue weighted by Crippen LogP contribution is 2.16. The summed E-state index contributed by atoms with van der Waals surface area (Å²) in [5.41, 5.74) is 0. The van der Waals surface area contributed by atoms with Gasteiger partial charge in [0, 0.05) is 19.6 Å². The zero-order valence-electron chi connectivity index (χ0n) is 11.7. The van der Waals surface area contributed by atoms with Gasteiger partial charge in [-0.25, -0.2) is 0 Å². The predicted octanol–water partition coefficient (Wildman–Crippen LogP) is 0.833. The quantitative estimate of drug-likeness (QED) is 0.763. The summed E-state index contributed by atoms with van der Waals surface area (Å²) < 4.78 is 0. The maximum Gasteiger partial charge on any atom is 0.237 e. The second-order valence-corrected chi connectivity index (χ2v) is 6.20. The number of likely N-dealkylation sites (tertiary alicyclic amines) is 1. The van der Waals surface area contributed by atoms with Crippen LogP contribution in [0.1, 0.15) is 33.1 Å². The molecule has 0 aromatic rings. The van der Waals surface area contributed by atoms with Crippen LogP contribution in [0.15, 0.2) is 0 Å². The van der Waals surface area contributed by atoms with E-state index in [9.17, 15) is 4.79 Å². The number of hydrogen-bond acceptors (Lipinski definition) is 3. The van der Waals surface area contributed by atoms with Gasteiger partial charge >= 0.3 is 0 Å². The summed E-state index contributed by atoms with van der Waals surface area (Å²) in [5.74, 6) is 1.59. The molecular weight excluding hydrogens is 226 g/mol. The fourth-order valence-electron chi connectivity index (χ4n) is 3.04. The number of nitrogens with one attached hydrogen (secondary N) is 2. The molecule has 0 radical (unpaired) electrons. The number of hydrogen-bond donors (Lipinski definition) is 2. The van der Waals surface area contributed by atoms with E-state index in [-0.39, 0.29) is 11.9 Å². The first-order valence-corrected chi connectivity index (χ1v) is 7.38. The van der Waals surface area contributed by atoms with Gasteiger partial charge in [-0.1, -0.05) is 13.8 Å². The molecule has 18 heavy (non-hydrogen) atoms. The van der Waals surface area contributed by atoms with E-state index in [4.69, 9.17) is 0 Å². The molecule has 2 N–H and O–H groups in total. The number of carbonyl (C=O) groups excluding carboxylic acids is 1. The topological polar surface area (TPSA) is 44.4 Å². The molecular formula is C14H27N3O. The van der Waals surface area contributed by atoms with Crippen LogP contribution < -0.4 is 10.6 Å². The lowest BCUT2D eigenvalue weighted by Gasteiger charge is -2.18. The third-order valence-electron chi connectivity index (χ3n) is 3.94. The Labute approximate surface area is 110 Å². The van der Waals surface area contributed by atoms with Crippen molar-refractivity contribution in [1.29, 1.82) is 0 Å². The predicted molar refractivity (Wildman–Crippen MR) is 73.4 cm³/mol. The second kappa shape index (κ2) is 6.53. The molecule has 0 aromatic carbocycles. The summed E-state index contributed by atoms with van der Waals surface area (Å²) >= 11 is 0. The minimum Gasteiger partial charge on any atom is -0.354 e. The third-order valence-corrected chi connectivity index (χ3v) is 3.94. The van der Waals surface area contributed by atoms with Gasteiger partial charge < -0.3 is 15.5 Å². The number of amides is 1. The van der Waals surface area contributed by atoms with E-state index in [1.807, 2.05) is 0 Å². The Balaban J connectivity index is 1.64. The molecule has 2 rings (SSSR count). The maximum absolute atomic E-state index is 11.9. The van der Waals surface area contributed by atoms with Crippen molar-refractivity contribution in [2.75, 3.05) is 32.7 Å². The first-order chi connectivity index (χ1) is 8.65. The Bertz CT molecular complexity index is 274. The Morgan fingerprint density at radius 3 is 2.94 bits per heavy atom. The molecule has 4 nitrogen and oxygen atoms in total. The van der Waals surface area contributed by atoms with Crippen molar-refractivity contribution in [3.05, 3.63) is 0 Å². The summed E-state index contributed by atoms with van der Waals surface area (Å²) in [6, 6.07) is 0.0678. The van der Waals surface area contributed by atoms with E-state index in [0.29, 0.717) is 5.92 Å². The SMILES string of the molecule is CC(C)CN1CCC(CNC(=O)C2CCCN2)C1. The van der Waals surface area contributed by atoms with Crippen LogP contribution in [0, 0.1) is 11.8 Å². The summed E-state index contributed by atoms with van der Waals surface area (Å²) in [4.78, 5) is 14.4. The molecule has 0 aromatic heterocycles. The molecule has 0 aliphatic carbocycles. The first-order valence-electron chi connectivity index (χ1n) is 7.38. The van der Waals surface area contributed by atoms with Gasteiger partial charge in [-0.05, 0) is 44.2 Å². The van der Waals surface area contributed by atoms with E-state index < -0.39 is 0 Å². The summed E-state index contributed by atoms with van der Waals surface area (Å²) in [6.07, 6.45) is 3.35. The molecule has 2 atom stereocenters. The first kappa shape index (κ1) is 13.8. The molecule has 2 saturated heterocycles. The Morgan fingerprint density at radius 1 is 1.44 bits per heavy atom.